The van der Waals surface area contributed by atoms with Gasteiger partial charge in [-0.25, -0.2) is 0 Å². The first-order valence-electron chi connectivity index (χ1n) is 8.13. The van der Waals surface area contributed by atoms with Gasteiger partial charge in [0.05, 0.1) is 6.54 Å². The summed E-state index contributed by atoms with van der Waals surface area (Å²) in [5.41, 5.74) is 3.83. The molecule has 128 valence electrons. The van der Waals surface area contributed by atoms with E-state index in [4.69, 9.17) is 23.8 Å². The normalized spacial score (nSPS) is 16.0. The molecule has 2 aromatic rings. The maximum atomic E-state index is 12.3. The van der Waals surface area contributed by atoms with Crippen LogP contribution >= 0.6 is 23.8 Å². The summed E-state index contributed by atoms with van der Waals surface area (Å²) < 4.78 is 0. The van der Waals surface area contributed by atoms with Gasteiger partial charge in [-0.3, -0.25) is 10.1 Å². The predicted octanol–water partition coefficient (Wildman–Crippen LogP) is 4.72. The molecule has 0 aliphatic carbocycles. The van der Waals surface area contributed by atoms with Crippen LogP contribution in [0.2, 0.25) is 5.02 Å². The lowest BCUT2D eigenvalue weighted by molar-refractivity contribution is -0.115. The molecule has 0 aromatic heterocycles. The number of rotatable bonds is 4. The number of carbonyl (C=O) groups is 1. The number of benzene rings is 2. The average molecular weight is 371 g/mol. The highest BCUT2D eigenvalue weighted by Gasteiger charge is 2.29. The van der Waals surface area contributed by atoms with Crippen molar-refractivity contribution < 1.29 is 4.79 Å². The minimum Gasteiger partial charge on any atom is -0.309 e. The third kappa shape index (κ3) is 4.09. The summed E-state index contributed by atoms with van der Waals surface area (Å²) in [7, 11) is 0. The molecule has 0 unspecified atom stereocenters. The zero-order valence-electron chi connectivity index (χ0n) is 14.1. The van der Waals surface area contributed by atoms with Crippen LogP contribution in [0, 0.1) is 0 Å². The number of nitrogens with one attached hydrogen (secondary N) is 1. The van der Waals surface area contributed by atoms with Crippen LogP contribution in [0.4, 0.5) is 0 Å². The second-order valence-corrected chi connectivity index (χ2v) is 7.15. The van der Waals surface area contributed by atoms with Crippen molar-refractivity contribution in [2.24, 2.45) is 0 Å². The maximum absolute atomic E-state index is 12.3. The number of carbonyl (C=O) groups excluding carboxylic acids is 1. The summed E-state index contributed by atoms with van der Waals surface area (Å²) in [5, 5.41) is 3.83. The molecule has 0 spiro atoms. The fraction of sp³-hybridized carbons (Fsp3) is 0.200. The Hall–Kier alpha value is -2.17. The summed E-state index contributed by atoms with van der Waals surface area (Å²) in [6.45, 7) is 4.83. The van der Waals surface area contributed by atoms with Gasteiger partial charge in [0.25, 0.3) is 5.91 Å². The number of hydrogen-bond donors (Lipinski definition) is 1. The first-order valence-corrected chi connectivity index (χ1v) is 8.91. The molecule has 5 heteroatoms. The minimum atomic E-state index is -0.174. The van der Waals surface area contributed by atoms with Crippen molar-refractivity contribution in [1.29, 1.82) is 0 Å². The van der Waals surface area contributed by atoms with Crippen molar-refractivity contribution in [1.82, 2.24) is 10.2 Å². The Morgan fingerprint density at radius 3 is 2.36 bits per heavy atom. The fourth-order valence-electron chi connectivity index (χ4n) is 2.67. The number of amides is 1. The molecule has 1 fully saturated rings. The molecule has 3 rings (SSSR count). The van der Waals surface area contributed by atoms with E-state index in [1.54, 1.807) is 0 Å². The Labute approximate surface area is 158 Å². The number of halogens is 1. The molecule has 3 nitrogen and oxygen atoms in total. The molecule has 1 heterocycles. The van der Waals surface area contributed by atoms with E-state index in [-0.39, 0.29) is 5.91 Å². The van der Waals surface area contributed by atoms with Crippen molar-refractivity contribution in [3.05, 3.63) is 75.9 Å². The van der Waals surface area contributed by atoms with Crippen LogP contribution in [0.1, 0.15) is 36.5 Å². The van der Waals surface area contributed by atoms with Crippen LogP contribution in [-0.4, -0.2) is 15.9 Å². The third-order valence-corrected chi connectivity index (χ3v) is 4.72. The topological polar surface area (TPSA) is 32.3 Å². The summed E-state index contributed by atoms with van der Waals surface area (Å²) in [6, 6.07) is 15.8. The van der Waals surface area contributed by atoms with E-state index in [0.29, 0.717) is 28.3 Å². The summed E-state index contributed by atoms with van der Waals surface area (Å²) in [5.74, 6) is 0.303. The highest BCUT2D eigenvalue weighted by atomic mass is 35.5. The van der Waals surface area contributed by atoms with Gasteiger partial charge in [-0.15, -0.1) is 0 Å². The quantitative estimate of drug-likeness (QED) is 0.624. The zero-order chi connectivity index (χ0) is 18.0. The third-order valence-electron chi connectivity index (χ3n) is 4.15. The second-order valence-electron chi connectivity index (χ2n) is 6.32. The van der Waals surface area contributed by atoms with Crippen LogP contribution < -0.4 is 5.32 Å². The molecular formula is C20H19ClN2OS. The lowest BCUT2D eigenvalue weighted by Crippen LogP contribution is -2.26. The molecule has 0 atom stereocenters. The molecule has 1 saturated heterocycles. The van der Waals surface area contributed by atoms with Gasteiger partial charge in [0, 0.05) is 5.02 Å². The standard InChI is InChI=1S/C20H19ClN2OS/c1-13(2)16-7-3-14(4-8-16)11-18-19(24)22-20(25)23(18)12-15-5-9-17(21)10-6-15/h3-11,13H,12H2,1-2H3,(H,22,24,25)/b18-11+. The molecule has 1 amide bonds. The molecule has 0 saturated carbocycles. The van der Waals surface area contributed by atoms with Gasteiger partial charge >= 0.3 is 0 Å². The minimum absolute atomic E-state index is 0.174. The molecule has 2 aromatic carbocycles. The smallest absolute Gasteiger partial charge is 0.274 e. The first-order chi connectivity index (χ1) is 11.9. The van der Waals surface area contributed by atoms with Crippen molar-refractivity contribution >= 4 is 40.9 Å². The molecule has 1 aliphatic heterocycles. The molecule has 25 heavy (non-hydrogen) atoms. The Balaban J connectivity index is 1.87. The Kier molecular flexibility index (Phi) is 5.21. The Bertz CT molecular complexity index is 826. The van der Waals surface area contributed by atoms with E-state index in [0.717, 1.165) is 11.1 Å². The predicted molar refractivity (Wildman–Crippen MR) is 106 cm³/mol. The van der Waals surface area contributed by atoms with Gasteiger partial charge in [0.1, 0.15) is 5.70 Å². The average Bonchev–Trinajstić information content (AvgIpc) is 2.84. The van der Waals surface area contributed by atoms with Crippen molar-refractivity contribution in [2.45, 2.75) is 26.3 Å². The Morgan fingerprint density at radius 1 is 1.12 bits per heavy atom. The van der Waals surface area contributed by atoms with E-state index >= 15 is 0 Å². The summed E-state index contributed by atoms with van der Waals surface area (Å²) in [4.78, 5) is 14.1. The fourth-order valence-corrected chi connectivity index (χ4v) is 3.05. The van der Waals surface area contributed by atoms with Crippen LogP contribution in [0.3, 0.4) is 0 Å². The van der Waals surface area contributed by atoms with E-state index in [9.17, 15) is 4.79 Å². The lowest BCUT2D eigenvalue weighted by Gasteiger charge is -2.17. The van der Waals surface area contributed by atoms with E-state index in [1.165, 1.54) is 5.56 Å². The van der Waals surface area contributed by atoms with Crippen LogP contribution in [-0.2, 0) is 11.3 Å². The van der Waals surface area contributed by atoms with E-state index in [2.05, 4.69) is 31.3 Å². The summed E-state index contributed by atoms with van der Waals surface area (Å²) in [6.07, 6.45) is 1.87. The van der Waals surface area contributed by atoms with Crippen molar-refractivity contribution in [2.75, 3.05) is 0 Å². The van der Waals surface area contributed by atoms with Crippen LogP contribution in [0.25, 0.3) is 6.08 Å². The lowest BCUT2D eigenvalue weighted by atomic mass is 10.0. The largest absolute Gasteiger partial charge is 0.309 e. The monoisotopic (exact) mass is 370 g/mol. The van der Waals surface area contributed by atoms with Gasteiger partial charge in [-0.05, 0) is 53.0 Å². The molecule has 1 aliphatic rings. The highest BCUT2D eigenvalue weighted by molar-refractivity contribution is 7.80. The van der Waals surface area contributed by atoms with Gasteiger partial charge in [0.2, 0.25) is 0 Å². The maximum Gasteiger partial charge on any atom is 0.274 e. The number of nitrogens with zero attached hydrogens (tertiary/aromatic N) is 1. The van der Waals surface area contributed by atoms with Gasteiger partial charge in [-0.2, -0.15) is 0 Å². The molecule has 0 bridgehead atoms. The second kappa shape index (κ2) is 7.38. The highest BCUT2D eigenvalue weighted by Crippen LogP contribution is 2.22. The number of thiocarbonyl (C=S) groups is 1. The van der Waals surface area contributed by atoms with Gasteiger partial charge in [-0.1, -0.05) is 61.8 Å². The van der Waals surface area contributed by atoms with Crippen molar-refractivity contribution in [3.63, 3.8) is 0 Å². The summed E-state index contributed by atoms with van der Waals surface area (Å²) >= 11 is 11.3. The zero-order valence-corrected chi connectivity index (χ0v) is 15.7. The van der Waals surface area contributed by atoms with E-state index < -0.39 is 0 Å². The van der Waals surface area contributed by atoms with Crippen LogP contribution in [0.5, 0.6) is 0 Å². The van der Waals surface area contributed by atoms with Gasteiger partial charge < -0.3 is 4.90 Å². The van der Waals surface area contributed by atoms with E-state index in [1.807, 2.05) is 47.4 Å². The SMILES string of the molecule is CC(C)c1ccc(/C=C2\C(=O)NC(=S)N2Cc2ccc(Cl)cc2)cc1. The first kappa shape index (κ1) is 17.6. The molecular weight excluding hydrogens is 352 g/mol. The molecule has 1 N–H and O–H groups in total. The van der Waals surface area contributed by atoms with Gasteiger partial charge in [0.15, 0.2) is 5.11 Å². The van der Waals surface area contributed by atoms with Crippen LogP contribution in [0.15, 0.2) is 54.2 Å². The van der Waals surface area contributed by atoms with Crippen molar-refractivity contribution in [3.8, 4) is 0 Å². The molecule has 0 radical (unpaired) electrons. The Morgan fingerprint density at radius 2 is 1.76 bits per heavy atom. The number of hydrogen-bond acceptors (Lipinski definition) is 2.